The molecule has 4 nitrogen and oxygen atoms in total. The molecule has 2 heterocycles. The zero-order valence-electron chi connectivity index (χ0n) is 9.77. The number of piperidine rings is 1. The minimum Gasteiger partial charge on any atom is -0.295 e. The number of alkyl halides is 1. The molecule has 16 heavy (non-hydrogen) atoms. The molecule has 1 aliphatic heterocycles. The average Bonchev–Trinajstić information content (AvgIpc) is 2.66. The van der Waals surface area contributed by atoms with Crippen LogP contribution in [0.4, 0.5) is 0 Å². The lowest BCUT2D eigenvalue weighted by molar-refractivity contribution is 0.218. The van der Waals surface area contributed by atoms with Crippen molar-refractivity contribution in [3.8, 4) is 0 Å². The quantitative estimate of drug-likeness (QED) is 0.795. The molecule has 0 bridgehead atoms. The first kappa shape index (κ1) is 12.0. The van der Waals surface area contributed by atoms with Crippen molar-refractivity contribution >= 4 is 15.9 Å². The Bertz CT molecular complexity index is 326. The highest BCUT2D eigenvalue weighted by Crippen LogP contribution is 2.18. The lowest BCUT2D eigenvalue weighted by atomic mass is 10.1. The van der Waals surface area contributed by atoms with Crippen LogP contribution in [-0.2, 0) is 13.1 Å². The molecule has 0 aliphatic carbocycles. The van der Waals surface area contributed by atoms with E-state index in [1.165, 1.54) is 19.4 Å². The highest BCUT2D eigenvalue weighted by Gasteiger charge is 2.19. The van der Waals surface area contributed by atoms with E-state index in [0.717, 1.165) is 31.9 Å². The Morgan fingerprint density at radius 3 is 3.19 bits per heavy atom. The third-order valence-corrected chi connectivity index (χ3v) is 3.69. The van der Waals surface area contributed by atoms with Gasteiger partial charge in [-0.2, -0.15) is 5.10 Å². The summed E-state index contributed by atoms with van der Waals surface area (Å²) in [5.41, 5.74) is 0. The summed E-state index contributed by atoms with van der Waals surface area (Å²) in [5.74, 6) is 1.10. The van der Waals surface area contributed by atoms with Crippen LogP contribution in [0.25, 0.3) is 0 Å². The van der Waals surface area contributed by atoms with Crippen LogP contribution < -0.4 is 0 Å². The van der Waals surface area contributed by atoms with Crippen LogP contribution in [0.15, 0.2) is 6.33 Å². The van der Waals surface area contributed by atoms with Crippen molar-refractivity contribution in [2.24, 2.45) is 0 Å². The zero-order valence-corrected chi connectivity index (χ0v) is 11.4. The first-order valence-corrected chi connectivity index (χ1v) is 6.94. The van der Waals surface area contributed by atoms with Gasteiger partial charge < -0.3 is 0 Å². The minimum atomic E-state index is 0.642. The summed E-state index contributed by atoms with van der Waals surface area (Å²) in [5, 5.41) is 4.26. The molecule has 0 aromatic carbocycles. The van der Waals surface area contributed by atoms with E-state index in [2.05, 4.69) is 37.8 Å². The summed E-state index contributed by atoms with van der Waals surface area (Å²) in [6, 6.07) is 0. The van der Waals surface area contributed by atoms with Crippen molar-refractivity contribution < 1.29 is 0 Å². The lowest BCUT2D eigenvalue weighted by Gasteiger charge is -2.29. The van der Waals surface area contributed by atoms with E-state index < -0.39 is 0 Å². The molecule has 0 saturated carbocycles. The van der Waals surface area contributed by atoms with Crippen molar-refractivity contribution in [1.82, 2.24) is 19.7 Å². The molecule has 1 unspecified atom stereocenters. The Morgan fingerprint density at radius 2 is 2.44 bits per heavy atom. The van der Waals surface area contributed by atoms with Crippen LogP contribution in [0.2, 0.25) is 0 Å². The zero-order chi connectivity index (χ0) is 11.4. The van der Waals surface area contributed by atoms with Gasteiger partial charge in [0.25, 0.3) is 0 Å². The van der Waals surface area contributed by atoms with Gasteiger partial charge in [-0.3, -0.25) is 4.90 Å². The molecule has 1 saturated heterocycles. The lowest BCUT2D eigenvalue weighted by Crippen LogP contribution is -2.36. The average molecular weight is 287 g/mol. The number of rotatable bonds is 4. The maximum atomic E-state index is 4.35. The second-order valence-corrected chi connectivity index (χ2v) is 5.67. The van der Waals surface area contributed by atoms with E-state index in [4.69, 9.17) is 0 Å². The predicted octanol–water partition coefficient (Wildman–Crippen LogP) is 2.05. The smallest absolute Gasteiger partial charge is 0.141 e. The maximum Gasteiger partial charge on any atom is 0.141 e. The van der Waals surface area contributed by atoms with Gasteiger partial charge in [-0.05, 0) is 25.8 Å². The van der Waals surface area contributed by atoms with E-state index in [0.29, 0.717) is 4.83 Å². The second kappa shape index (κ2) is 5.77. The molecule has 0 amide bonds. The van der Waals surface area contributed by atoms with Gasteiger partial charge in [0.05, 0.1) is 6.54 Å². The molecular weight excluding hydrogens is 268 g/mol. The number of hydrogen-bond acceptors (Lipinski definition) is 3. The maximum absolute atomic E-state index is 4.35. The first-order valence-electron chi connectivity index (χ1n) is 6.02. The van der Waals surface area contributed by atoms with Crippen LogP contribution in [0.5, 0.6) is 0 Å². The number of aryl methyl sites for hydroxylation is 1. The van der Waals surface area contributed by atoms with Crippen molar-refractivity contribution in [2.45, 2.75) is 44.1 Å². The van der Waals surface area contributed by atoms with Crippen molar-refractivity contribution in [3.63, 3.8) is 0 Å². The summed E-state index contributed by atoms with van der Waals surface area (Å²) < 4.78 is 2.03. The fourth-order valence-electron chi connectivity index (χ4n) is 2.15. The molecule has 1 aromatic heterocycles. The molecule has 0 radical (unpaired) electrons. The summed E-state index contributed by atoms with van der Waals surface area (Å²) in [6.45, 7) is 6.38. The number of nitrogens with zero attached hydrogens (tertiary/aromatic N) is 4. The van der Waals surface area contributed by atoms with Gasteiger partial charge in [0, 0.05) is 17.9 Å². The molecule has 5 heteroatoms. The van der Waals surface area contributed by atoms with E-state index in [1.54, 1.807) is 6.33 Å². The fraction of sp³-hybridized carbons (Fsp3) is 0.818. The third-order valence-electron chi connectivity index (χ3n) is 2.94. The van der Waals surface area contributed by atoms with Gasteiger partial charge in [0.2, 0.25) is 0 Å². The van der Waals surface area contributed by atoms with Crippen LogP contribution in [0.3, 0.4) is 0 Å². The number of halogens is 1. The molecule has 2 rings (SSSR count). The summed E-state index contributed by atoms with van der Waals surface area (Å²) >= 11 is 3.70. The number of hydrogen-bond donors (Lipinski definition) is 0. The van der Waals surface area contributed by atoms with Gasteiger partial charge in [-0.25, -0.2) is 9.67 Å². The van der Waals surface area contributed by atoms with Crippen LogP contribution in [-0.4, -0.2) is 37.6 Å². The summed E-state index contributed by atoms with van der Waals surface area (Å²) in [4.78, 5) is 7.45. The Morgan fingerprint density at radius 1 is 1.56 bits per heavy atom. The second-order valence-electron chi connectivity index (χ2n) is 4.37. The summed E-state index contributed by atoms with van der Waals surface area (Å²) in [7, 11) is 0. The fourth-order valence-corrected chi connectivity index (χ4v) is 2.89. The Hall–Kier alpha value is -0.420. The van der Waals surface area contributed by atoms with E-state index in [9.17, 15) is 0 Å². The molecular formula is C11H19BrN4. The Balaban J connectivity index is 1.94. The predicted molar refractivity (Wildman–Crippen MR) is 67.5 cm³/mol. The van der Waals surface area contributed by atoms with Gasteiger partial charge >= 0.3 is 0 Å². The summed E-state index contributed by atoms with van der Waals surface area (Å²) in [6.07, 6.45) is 5.34. The van der Waals surface area contributed by atoms with Gasteiger partial charge in [0.1, 0.15) is 12.2 Å². The van der Waals surface area contributed by atoms with Crippen LogP contribution in [0, 0.1) is 0 Å². The van der Waals surface area contributed by atoms with E-state index >= 15 is 0 Å². The largest absolute Gasteiger partial charge is 0.295 e. The normalized spacial score (nSPS) is 22.5. The van der Waals surface area contributed by atoms with E-state index in [1.807, 2.05) is 4.68 Å². The van der Waals surface area contributed by atoms with Crippen molar-refractivity contribution in [2.75, 3.05) is 13.1 Å². The topological polar surface area (TPSA) is 34.0 Å². The highest BCUT2D eigenvalue weighted by molar-refractivity contribution is 9.09. The van der Waals surface area contributed by atoms with Crippen molar-refractivity contribution in [3.05, 3.63) is 12.2 Å². The number of aromatic nitrogens is 3. The molecule has 1 fully saturated rings. The highest BCUT2D eigenvalue weighted by atomic mass is 79.9. The molecule has 0 N–H and O–H groups in total. The van der Waals surface area contributed by atoms with Gasteiger partial charge in [0.15, 0.2) is 0 Å². The standard InChI is InChI=1S/C11H19BrN4/c1-2-5-16-11(13-9-14-16)8-15-6-3-4-10(12)7-15/h9-10H,2-8H2,1H3. The van der Waals surface area contributed by atoms with E-state index in [-0.39, 0.29) is 0 Å². The molecule has 1 aliphatic rings. The first-order chi connectivity index (χ1) is 7.79. The molecule has 90 valence electrons. The number of likely N-dealkylation sites (tertiary alicyclic amines) is 1. The third kappa shape index (κ3) is 3.04. The Kier molecular flexibility index (Phi) is 4.35. The van der Waals surface area contributed by atoms with Crippen molar-refractivity contribution in [1.29, 1.82) is 0 Å². The molecule has 0 spiro atoms. The minimum absolute atomic E-state index is 0.642. The monoisotopic (exact) mass is 286 g/mol. The van der Waals surface area contributed by atoms with Gasteiger partial charge in [-0.15, -0.1) is 0 Å². The van der Waals surface area contributed by atoms with Crippen LogP contribution >= 0.6 is 15.9 Å². The van der Waals surface area contributed by atoms with Crippen LogP contribution in [0.1, 0.15) is 32.0 Å². The molecule has 1 atom stereocenters. The Labute approximate surface area is 105 Å². The van der Waals surface area contributed by atoms with Gasteiger partial charge in [-0.1, -0.05) is 22.9 Å². The SMILES string of the molecule is CCCn1ncnc1CN1CCCC(Br)C1. The molecule has 1 aromatic rings.